The Kier molecular flexibility index (Phi) is 3.22. The maximum Gasteiger partial charge on any atom is 0.00277 e. The molecule has 0 saturated heterocycles. The van der Waals surface area contributed by atoms with E-state index in [4.69, 9.17) is 0 Å². The van der Waals surface area contributed by atoms with Gasteiger partial charge in [0, 0.05) is 5.92 Å². The third-order valence-electron chi connectivity index (χ3n) is 3.02. The largest absolute Gasteiger partial charge is 0.309 e. The van der Waals surface area contributed by atoms with Gasteiger partial charge in [0.15, 0.2) is 0 Å². The molecular weight excluding hydrogens is 182 g/mol. The van der Waals surface area contributed by atoms with Gasteiger partial charge in [0.05, 0.1) is 0 Å². The number of hydrogen-bond donors (Lipinski definition) is 0. The normalized spacial score (nSPS) is 18.5. The minimum absolute atomic E-state index is 0.654. The van der Waals surface area contributed by atoms with Crippen molar-refractivity contribution < 1.29 is 0 Å². The van der Waals surface area contributed by atoms with Gasteiger partial charge in [0.2, 0.25) is 0 Å². The zero-order chi connectivity index (χ0) is 10.7. The van der Waals surface area contributed by atoms with Crippen molar-refractivity contribution >= 4 is 6.08 Å². The lowest BCUT2D eigenvalue weighted by Crippen LogP contribution is -2.13. The minimum atomic E-state index is 0.654. The lowest BCUT2D eigenvalue weighted by atomic mass is 9.96. The summed E-state index contributed by atoms with van der Waals surface area (Å²) in [4.78, 5) is 2.25. The maximum atomic E-state index is 2.35. The van der Waals surface area contributed by atoms with E-state index in [1.165, 1.54) is 30.5 Å². The van der Waals surface area contributed by atoms with Gasteiger partial charge in [-0.2, -0.15) is 0 Å². The second kappa shape index (κ2) is 4.63. The zero-order valence-electron chi connectivity index (χ0n) is 9.61. The average Bonchev–Trinajstić information content (AvgIpc) is 2.62. The van der Waals surface area contributed by atoms with Gasteiger partial charge in [-0.05, 0) is 44.6 Å². The van der Waals surface area contributed by atoms with Crippen molar-refractivity contribution in [2.45, 2.75) is 18.8 Å². The molecule has 0 radical (unpaired) electrons. The van der Waals surface area contributed by atoms with Crippen LogP contribution in [0.2, 0.25) is 0 Å². The molecule has 1 atom stereocenters. The molecule has 0 spiro atoms. The molecule has 0 amide bonds. The van der Waals surface area contributed by atoms with Crippen LogP contribution < -0.4 is 0 Å². The molecule has 1 aromatic carbocycles. The van der Waals surface area contributed by atoms with Crippen LogP contribution in [0.5, 0.6) is 0 Å². The number of rotatable bonds is 4. The Labute approximate surface area is 92.4 Å². The number of allylic oxidation sites excluding steroid dienone is 1. The van der Waals surface area contributed by atoms with E-state index in [1.54, 1.807) is 0 Å². The number of hydrogen-bond acceptors (Lipinski definition) is 1. The lowest BCUT2D eigenvalue weighted by molar-refractivity contribution is 0.391. The highest BCUT2D eigenvalue weighted by molar-refractivity contribution is 5.62. The first-order valence-corrected chi connectivity index (χ1v) is 5.69. The second-order valence-electron chi connectivity index (χ2n) is 4.54. The summed E-state index contributed by atoms with van der Waals surface area (Å²) in [6, 6.07) is 8.73. The average molecular weight is 201 g/mol. The first kappa shape index (κ1) is 10.4. The molecule has 0 aliphatic heterocycles. The Morgan fingerprint density at radius 1 is 1.20 bits per heavy atom. The van der Waals surface area contributed by atoms with Crippen molar-refractivity contribution in [1.29, 1.82) is 0 Å². The molecule has 1 aromatic rings. The van der Waals surface area contributed by atoms with E-state index in [9.17, 15) is 0 Å². The molecule has 0 bridgehead atoms. The fraction of sp³-hybridized carbons (Fsp3) is 0.429. The highest BCUT2D eigenvalue weighted by atomic mass is 15.0. The van der Waals surface area contributed by atoms with Gasteiger partial charge in [0.25, 0.3) is 0 Å². The number of nitrogens with zero attached hydrogens (tertiary/aromatic N) is 1. The van der Waals surface area contributed by atoms with Crippen LogP contribution in [0.1, 0.15) is 29.9 Å². The van der Waals surface area contributed by atoms with E-state index in [-0.39, 0.29) is 0 Å². The fourth-order valence-corrected chi connectivity index (χ4v) is 2.20. The van der Waals surface area contributed by atoms with Gasteiger partial charge in [-0.25, -0.2) is 0 Å². The van der Waals surface area contributed by atoms with Gasteiger partial charge in [-0.15, -0.1) is 0 Å². The van der Waals surface area contributed by atoms with Crippen LogP contribution in [0, 0.1) is 0 Å². The van der Waals surface area contributed by atoms with Crippen molar-refractivity contribution in [1.82, 2.24) is 4.90 Å². The Hall–Kier alpha value is -1.08. The van der Waals surface area contributed by atoms with Gasteiger partial charge in [-0.1, -0.05) is 36.4 Å². The van der Waals surface area contributed by atoms with Crippen LogP contribution in [0.3, 0.4) is 0 Å². The van der Waals surface area contributed by atoms with Crippen molar-refractivity contribution in [3.05, 3.63) is 41.5 Å². The molecule has 0 aromatic heterocycles. The van der Waals surface area contributed by atoms with E-state index in [0.29, 0.717) is 5.92 Å². The summed E-state index contributed by atoms with van der Waals surface area (Å²) in [6.45, 7) is 1.19. The van der Waals surface area contributed by atoms with E-state index in [0.717, 1.165) is 0 Å². The van der Waals surface area contributed by atoms with Gasteiger partial charge >= 0.3 is 0 Å². The summed E-state index contributed by atoms with van der Waals surface area (Å²) in [5.41, 5.74) is 2.92. The molecule has 1 heteroatoms. The highest BCUT2D eigenvalue weighted by Gasteiger charge is 2.15. The van der Waals surface area contributed by atoms with Crippen molar-refractivity contribution in [3.63, 3.8) is 0 Å². The molecule has 0 heterocycles. The summed E-state index contributed by atoms with van der Waals surface area (Å²) in [6.07, 6.45) is 7.15. The molecular formula is C14H19N. The van der Waals surface area contributed by atoms with Crippen LogP contribution in [0.4, 0.5) is 0 Å². The van der Waals surface area contributed by atoms with Crippen LogP contribution in [0.15, 0.2) is 30.3 Å². The standard InChI is InChI=1S/C14H19N/c1-15(2)11-5-7-13-10-9-12-6-3-4-8-14(12)13/h3-4,6,8-10,13H,5,7,11H2,1-2H3. The van der Waals surface area contributed by atoms with Crippen LogP contribution >= 0.6 is 0 Å². The van der Waals surface area contributed by atoms with Gasteiger partial charge in [-0.3, -0.25) is 0 Å². The van der Waals surface area contributed by atoms with Crippen molar-refractivity contribution in [2.24, 2.45) is 0 Å². The van der Waals surface area contributed by atoms with Crippen LogP contribution in [-0.2, 0) is 0 Å². The maximum absolute atomic E-state index is 2.35. The van der Waals surface area contributed by atoms with E-state index in [1.807, 2.05) is 0 Å². The first-order valence-electron chi connectivity index (χ1n) is 5.69. The topological polar surface area (TPSA) is 3.24 Å². The molecule has 0 N–H and O–H groups in total. The second-order valence-corrected chi connectivity index (χ2v) is 4.54. The van der Waals surface area contributed by atoms with E-state index in [2.05, 4.69) is 55.4 Å². The summed E-state index contributed by atoms with van der Waals surface area (Å²) in [7, 11) is 4.27. The SMILES string of the molecule is CN(C)CCCC1C=Cc2ccccc21. The minimum Gasteiger partial charge on any atom is -0.309 e. The molecule has 1 aliphatic rings. The smallest absolute Gasteiger partial charge is 0.00277 e. The number of fused-ring (bicyclic) bond motifs is 1. The zero-order valence-corrected chi connectivity index (χ0v) is 9.61. The molecule has 1 aliphatic carbocycles. The predicted octanol–water partition coefficient (Wildman–Crippen LogP) is 3.14. The molecule has 0 saturated carbocycles. The van der Waals surface area contributed by atoms with E-state index < -0.39 is 0 Å². The Balaban J connectivity index is 1.94. The third-order valence-corrected chi connectivity index (χ3v) is 3.02. The van der Waals surface area contributed by atoms with Gasteiger partial charge in [0.1, 0.15) is 0 Å². The first-order chi connectivity index (χ1) is 7.27. The third kappa shape index (κ3) is 2.48. The summed E-state index contributed by atoms with van der Waals surface area (Å²) >= 11 is 0. The highest BCUT2D eigenvalue weighted by Crippen LogP contribution is 2.32. The summed E-state index contributed by atoms with van der Waals surface area (Å²) in [5.74, 6) is 0.654. The molecule has 80 valence electrons. The molecule has 2 rings (SSSR count). The van der Waals surface area contributed by atoms with Gasteiger partial charge < -0.3 is 4.90 Å². The monoisotopic (exact) mass is 201 g/mol. The number of benzene rings is 1. The Bertz CT molecular complexity index is 352. The Morgan fingerprint density at radius 3 is 2.80 bits per heavy atom. The quantitative estimate of drug-likeness (QED) is 0.723. The molecule has 1 nitrogen and oxygen atoms in total. The molecule has 1 unspecified atom stereocenters. The fourth-order valence-electron chi connectivity index (χ4n) is 2.20. The molecule has 15 heavy (non-hydrogen) atoms. The van der Waals surface area contributed by atoms with Crippen molar-refractivity contribution in [3.8, 4) is 0 Å². The summed E-state index contributed by atoms with van der Waals surface area (Å²) in [5, 5.41) is 0. The Morgan fingerprint density at radius 2 is 2.00 bits per heavy atom. The predicted molar refractivity (Wildman–Crippen MR) is 66.0 cm³/mol. The molecule has 0 fully saturated rings. The van der Waals surface area contributed by atoms with Crippen LogP contribution in [-0.4, -0.2) is 25.5 Å². The summed E-state index contributed by atoms with van der Waals surface area (Å²) < 4.78 is 0. The van der Waals surface area contributed by atoms with Crippen molar-refractivity contribution in [2.75, 3.05) is 20.6 Å². The van der Waals surface area contributed by atoms with Crippen LogP contribution in [0.25, 0.3) is 6.08 Å². The van der Waals surface area contributed by atoms with E-state index >= 15 is 0 Å². The lowest BCUT2D eigenvalue weighted by Gasteiger charge is -2.13.